The van der Waals surface area contributed by atoms with Crippen molar-refractivity contribution >= 4 is 44.5 Å². The SMILES string of the molecule is Nc1nc(CC(=O)Cc2ccc([C@H]3CCC[C@H](c4ccc(CC(=O)Cc5csc(N)n5)nn4)C3)nn2)cs1. The maximum Gasteiger partial charge on any atom is 0.180 e. The van der Waals surface area contributed by atoms with Crippen LogP contribution in [0.2, 0.25) is 0 Å². The van der Waals surface area contributed by atoms with Crippen LogP contribution < -0.4 is 11.5 Å². The molecule has 12 heteroatoms. The molecule has 196 valence electrons. The normalized spacial score (nSPS) is 17.4. The molecule has 0 saturated heterocycles. The lowest BCUT2D eigenvalue weighted by molar-refractivity contribution is -0.118. The van der Waals surface area contributed by atoms with Crippen molar-refractivity contribution in [1.82, 2.24) is 30.4 Å². The van der Waals surface area contributed by atoms with Crippen molar-refractivity contribution in [2.24, 2.45) is 0 Å². The zero-order valence-corrected chi connectivity index (χ0v) is 22.4. The number of carbonyl (C=O) groups excluding carboxylic acids is 2. The minimum atomic E-state index is 0.0339. The Morgan fingerprint density at radius 1 is 0.684 bits per heavy atom. The second-order valence-corrected chi connectivity index (χ2v) is 11.4. The molecule has 0 aromatic carbocycles. The number of ketones is 2. The lowest BCUT2D eigenvalue weighted by Crippen LogP contribution is -2.17. The molecular formula is C26H28N8O2S2. The van der Waals surface area contributed by atoms with Gasteiger partial charge in [0, 0.05) is 22.6 Å². The van der Waals surface area contributed by atoms with E-state index in [9.17, 15) is 9.59 Å². The summed E-state index contributed by atoms with van der Waals surface area (Å²) in [6.07, 6.45) is 4.99. The molecule has 0 unspecified atom stereocenters. The van der Waals surface area contributed by atoms with Crippen LogP contribution in [0, 0.1) is 0 Å². The summed E-state index contributed by atoms with van der Waals surface area (Å²) in [5.74, 6) is 0.619. The number of Topliss-reactive ketones (excluding diaryl/α,β-unsaturated/α-hetero) is 2. The molecule has 0 spiro atoms. The van der Waals surface area contributed by atoms with Crippen LogP contribution in [0.4, 0.5) is 10.3 Å². The number of anilines is 2. The molecule has 4 aromatic heterocycles. The molecule has 1 fully saturated rings. The van der Waals surface area contributed by atoms with Crippen molar-refractivity contribution in [3.8, 4) is 0 Å². The fourth-order valence-corrected chi connectivity index (χ4v) is 5.96. The van der Waals surface area contributed by atoms with Crippen LogP contribution >= 0.6 is 22.7 Å². The number of aromatic nitrogens is 6. The number of nitrogens with zero attached hydrogens (tertiary/aromatic N) is 6. The minimum absolute atomic E-state index is 0.0339. The zero-order valence-electron chi connectivity index (χ0n) is 20.7. The molecule has 10 nitrogen and oxygen atoms in total. The summed E-state index contributed by atoms with van der Waals surface area (Å²) >= 11 is 2.66. The number of hydrogen-bond acceptors (Lipinski definition) is 12. The molecule has 5 rings (SSSR count). The smallest absolute Gasteiger partial charge is 0.180 e. The Balaban J connectivity index is 1.14. The third-order valence-electron chi connectivity index (χ3n) is 6.64. The third-order valence-corrected chi connectivity index (χ3v) is 8.09. The van der Waals surface area contributed by atoms with Gasteiger partial charge >= 0.3 is 0 Å². The summed E-state index contributed by atoms with van der Waals surface area (Å²) in [6.45, 7) is 0. The molecule has 4 heterocycles. The fraction of sp³-hybridized carbons (Fsp3) is 0.385. The highest BCUT2D eigenvalue weighted by Gasteiger charge is 2.27. The molecule has 1 aliphatic carbocycles. The summed E-state index contributed by atoms with van der Waals surface area (Å²) in [5.41, 5.74) is 15.9. The van der Waals surface area contributed by atoms with Gasteiger partial charge in [-0.05, 0) is 43.5 Å². The van der Waals surface area contributed by atoms with Gasteiger partial charge in [0.2, 0.25) is 0 Å². The van der Waals surface area contributed by atoms with E-state index in [0.717, 1.165) is 37.1 Å². The highest BCUT2D eigenvalue weighted by atomic mass is 32.1. The number of carbonyl (C=O) groups is 2. The van der Waals surface area contributed by atoms with Crippen molar-refractivity contribution < 1.29 is 9.59 Å². The van der Waals surface area contributed by atoms with Crippen molar-refractivity contribution in [2.45, 2.75) is 63.2 Å². The summed E-state index contributed by atoms with van der Waals surface area (Å²) in [4.78, 5) is 33.0. The van der Waals surface area contributed by atoms with Gasteiger partial charge in [0.25, 0.3) is 0 Å². The second kappa shape index (κ2) is 11.8. The molecule has 0 amide bonds. The van der Waals surface area contributed by atoms with E-state index < -0.39 is 0 Å². The van der Waals surface area contributed by atoms with E-state index in [1.807, 2.05) is 24.3 Å². The molecule has 2 atom stereocenters. The molecule has 38 heavy (non-hydrogen) atoms. The lowest BCUT2D eigenvalue weighted by Gasteiger charge is -2.28. The predicted molar refractivity (Wildman–Crippen MR) is 146 cm³/mol. The Hall–Kier alpha value is -3.64. The quantitative estimate of drug-likeness (QED) is 0.300. The summed E-state index contributed by atoms with van der Waals surface area (Å²) in [7, 11) is 0. The highest BCUT2D eigenvalue weighted by Crippen LogP contribution is 2.39. The van der Waals surface area contributed by atoms with Gasteiger partial charge in [0.05, 0.1) is 59.8 Å². The molecule has 0 radical (unpaired) electrons. The number of nitrogen functional groups attached to an aromatic ring is 2. The first kappa shape index (κ1) is 26.0. The van der Waals surface area contributed by atoms with E-state index in [1.54, 1.807) is 10.8 Å². The van der Waals surface area contributed by atoms with E-state index in [1.165, 1.54) is 22.7 Å². The van der Waals surface area contributed by atoms with Crippen molar-refractivity contribution in [1.29, 1.82) is 0 Å². The Labute approximate surface area is 228 Å². The topological polar surface area (TPSA) is 164 Å². The number of rotatable bonds is 10. The van der Waals surface area contributed by atoms with Gasteiger partial charge < -0.3 is 11.5 Å². The van der Waals surface area contributed by atoms with Gasteiger partial charge in [-0.1, -0.05) is 6.42 Å². The van der Waals surface area contributed by atoms with E-state index >= 15 is 0 Å². The van der Waals surface area contributed by atoms with Gasteiger partial charge in [-0.2, -0.15) is 20.4 Å². The monoisotopic (exact) mass is 548 g/mol. The zero-order chi connectivity index (χ0) is 26.5. The summed E-state index contributed by atoms with van der Waals surface area (Å²) < 4.78 is 0. The average molecular weight is 549 g/mol. The number of nitrogens with two attached hydrogens (primary N) is 2. The van der Waals surface area contributed by atoms with Crippen LogP contribution in [-0.4, -0.2) is 41.9 Å². The average Bonchev–Trinajstić information content (AvgIpc) is 3.51. The van der Waals surface area contributed by atoms with Crippen molar-refractivity contribution in [3.05, 3.63) is 69.2 Å². The maximum atomic E-state index is 12.4. The Morgan fingerprint density at radius 3 is 1.50 bits per heavy atom. The van der Waals surface area contributed by atoms with Gasteiger partial charge in [-0.15, -0.1) is 22.7 Å². The Morgan fingerprint density at radius 2 is 1.13 bits per heavy atom. The number of hydrogen-bond donors (Lipinski definition) is 2. The summed E-state index contributed by atoms with van der Waals surface area (Å²) in [5, 5.41) is 22.1. The molecule has 0 bridgehead atoms. The van der Waals surface area contributed by atoms with Crippen LogP contribution in [0.3, 0.4) is 0 Å². The van der Waals surface area contributed by atoms with Crippen LogP contribution in [0.1, 0.15) is 71.7 Å². The van der Waals surface area contributed by atoms with Crippen LogP contribution in [-0.2, 0) is 35.3 Å². The van der Waals surface area contributed by atoms with E-state index in [-0.39, 0.29) is 49.1 Å². The van der Waals surface area contributed by atoms with E-state index in [2.05, 4.69) is 30.4 Å². The Bertz CT molecular complexity index is 1300. The lowest BCUT2D eigenvalue weighted by atomic mass is 9.78. The van der Waals surface area contributed by atoms with E-state index in [0.29, 0.717) is 33.0 Å². The first-order valence-electron chi connectivity index (χ1n) is 12.5. The van der Waals surface area contributed by atoms with Crippen LogP contribution in [0.25, 0.3) is 0 Å². The van der Waals surface area contributed by atoms with E-state index in [4.69, 9.17) is 11.5 Å². The molecule has 4 aromatic rings. The second-order valence-electron chi connectivity index (χ2n) is 9.60. The van der Waals surface area contributed by atoms with Crippen LogP contribution in [0.15, 0.2) is 35.0 Å². The van der Waals surface area contributed by atoms with Crippen molar-refractivity contribution in [2.75, 3.05) is 11.5 Å². The standard InChI is InChI=1S/C26H28N8O2S2/c27-25-29-19(13-37-25)11-21(35)9-17-4-6-23(33-31-17)15-2-1-3-16(8-15)24-7-5-18(32-34-24)10-22(36)12-20-14-38-26(28)30-20/h4-7,13-16H,1-3,8-12H2,(H2,27,29)(H2,28,30)/t15-,16-/m0/s1. The van der Waals surface area contributed by atoms with Gasteiger partial charge in [0.1, 0.15) is 11.6 Å². The molecule has 4 N–H and O–H groups in total. The highest BCUT2D eigenvalue weighted by molar-refractivity contribution is 7.13. The van der Waals surface area contributed by atoms with Gasteiger partial charge in [0.15, 0.2) is 10.3 Å². The van der Waals surface area contributed by atoms with Crippen molar-refractivity contribution in [3.63, 3.8) is 0 Å². The number of thiazole rings is 2. The largest absolute Gasteiger partial charge is 0.375 e. The third kappa shape index (κ3) is 6.81. The Kier molecular flexibility index (Phi) is 8.08. The van der Waals surface area contributed by atoms with Crippen LogP contribution in [0.5, 0.6) is 0 Å². The fourth-order valence-electron chi connectivity index (χ4n) is 4.83. The first-order chi connectivity index (χ1) is 18.4. The summed E-state index contributed by atoms with van der Waals surface area (Å²) in [6, 6.07) is 7.76. The van der Waals surface area contributed by atoms with Gasteiger partial charge in [-0.25, -0.2) is 9.97 Å². The molecule has 0 aliphatic heterocycles. The molecular weight excluding hydrogens is 520 g/mol. The van der Waals surface area contributed by atoms with Gasteiger partial charge in [-0.3, -0.25) is 9.59 Å². The maximum absolute atomic E-state index is 12.4. The minimum Gasteiger partial charge on any atom is -0.375 e. The molecule has 1 aliphatic rings. The molecule has 1 saturated carbocycles. The first-order valence-corrected chi connectivity index (χ1v) is 14.3. The predicted octanol–water partition coefficient (Wildman–Crippen LogP) is 3.49.